The number of aryl methyl sites for hydroxylation is 1. The number of fused-ring (bicyclic) bond motifs is 1. The Bertz CT molecular complexity index is 1400. The van der Waals surface area contributed by atoms with Crippen molar-refractivity contribution in [3.05, 3.63) is 65.5 Å². The number of benzene rings is 2. The predicted octanol–water partition coefficient (Wildman–Crippen LogP) is 3.53. The summed E-state index contributed by atoms with van der Waals surface area (Å²) in [5.41, 5.74) is 3.93. The first-order chi connectivity index (χ1) is 17.0. The van der Waals surface area contributed by atoms with Crippen LogP contribution in [0, 0.1) is 6.92 Å². The molecule has 1 aliphatic rings. The van der Waals surface area contributed by atoms with E-state index in [1.807, 2.05) is 49.4 Å². The maximum absolute atomic E-state index is 12.8. The van der Waals surface area contributed by atoms with E-state index in [0.29, 0.717) is 23.0 Å². The van der Waals surface area contributed by atoms with Crippen molar-refractivity contribution in [2.75, 3.05) is 26.6 Å². The van der Waals surface area contributed by atoms with Crippen LogP contribution in [0.2, 0.25) is 0 Å². The first-order valence-electron chi connectivity index (χ1n) is 11.0. The second-order valence-electron chi connectivity index (χ2n) is 8.02. The Kier molecular flexibility index (Phi) is 5.77. The van der Waals surface area contributed by atoms with Crippen LogP contribution in [0.4, 0.5) is 5.82 Å². The number of nitrogens with one attached hydrogen (secondary N) is 1. The molecular weight excluding hydrogens is 448 g/mol. The second-order valence-corrected chi connectivity index (χ2v) is 8.02. The molecule has 10 heteroatoms. The largest absolute Gasteiger partial charge is 0.497 e. The molecule has 4 aromatic rings. The lowest BCUT2D eigenvalue weighted by Gasteiger charge is -2.26. The number of para-hydroxylation sites is 1. The fourth-order valence-corrected chi connectivity index (χ4v) is 4.43. The second kappa shape index (κ2) is 9.05. The summed E-state index contributed by atoms with van der Waals surface area (Å²) in [5, 5.41) is 16.0. The van der Waals surface area contributed by atoms with Gasteiger partial charge in [0.2, 0.25) is 5.91 Å². The average Bonchev–Trinajstić information content (AvgIpc) is 3.23. The average molecular weight is 473 g/mol. The number of hydrogen-bond acceptors (Lipinski definition) is 8. The molecule has 2 aromatic heterocycles. The van der Waals surface area contributed by atoms with Crippen molar-refractivity contribution in [2.45, 2.75) is 19.3 Å². The molecule has 178 valence electrons. The number of nitrogens with zero attached hydrogens (tertiary/aromatic N) is 5. The van der Waals surface area contributed by atoms with Crippen LogP contribution in [0.3, 0.4) is 0 Å². The molecule has 1 aliphatic heterocycles. The Hall–Kier alpha value is -4.47. The molecule has 10 nitrogen and oxygen atoms in total. The summed E-state index contributed by atoms with van der Waals surface area (Å²) in [4.78, 5) is 17.5. The van der Waals surface area contributed by atoms with Crippen molar-refractivity contribution in [1.29, 1.82) is 0 Å². The van der Waals surface area contributed by atoms with Crippen molar-refractivity contribution >= 4 is 11.7 Å². The molecule has 0 aliphatic carbocycles. The van der Waals surface area contributed by atoms with Crippen LogP contribution in [-0.4, -0.2) is 52.2 Å². The minimum Gasteiger partial charge on any atom is -0.497 e. The van der Waals surface area contributed by atoms with Gasteiger partial charge in [0.25, 0.3) is 5.95 Å². The SMILES string of the molecule is COc1ccc(-c2cnnc(-n3nc(C)c4c3NC(=O)C[C@H]4c3cccc(OC)c3OC)n2)cc1. The molecule has 0 fully saturated rings. The molecule has 0 radical (unpaired) electrons. The van der Waals surface area contributed by atoms with Crippen molar-refractivity contribution in [3.63, 3.8) is 0 Å². The highest BCUT2D eigenvalue weighted by Crippen LogP contribution is 2.45. The summed E-state index contributed by atoms with van der Waals surface area (Å²) in [6, 6.07) is 13.1. The van der Waals surface area contributed by atoms with E-state index in [-0.39, 0.29) is 24.2 Å². The van der Waals surface area contributed by atoms with Gasteiger partial charge in [-0.3, -0.25) is 4.79 Å². The molecule has 0 saturated carbocycles. The van der Waals surface area contributed by atoms with Crippen LogP contribution >= 0.6 is 0 Å². The molecule has 0 unspecified atom stereocenters. The van der Waals surface area contributed by atoms with Gasteiger partial charge in [-0.1, -0.05) is 12.1 Å². The van der Waals surface area contributed by atoms with Gasteiger partial charge in [-0.25, -0.2) is 4.98 Å². The van der Waals surface area contributed by atoms with Gasteiger partial charge in [0, 0.05) is 29.0 Å². The van der Waals surface area contributed by atoms with Gasteiger partial charge >= 0.3 is 0 Å². The normalized spacial score (nSPS) is 14.7. The lowest BCUT2D eigenvalue weighted by atomic mass is 9.85. The predicted molar refractivity (Wildman–Crippen MR) is 128 cm³/mol. The fraction of sp³-hybridized carbons (Fsp3) is 0.240. The highest BCUT2D eigenvalue weighted by Gasteiger charge is 2.35. The number of rotatable bonds is 6. The minimum absolute atomic E-state index is 0.146. The fourth-order valence-electron chi connectivity index (χ4n) is 4.43. The summed E-state index contributed by atoms with van der Waals surface area (Å²) in [6.45, 7) is 1.90. The Balaban J connectivity index is 1.61. The number of aromatic nitrogens is 5. The Morgan fingerprint density at radius 3 is 2.54 bits per heavy atom. The van der Waals surface area contributed by atoms with Crippen LogP contribution in [-0.2, 0) is 4.79 Å². The van der Waals surface area contributed by atoms with Crippen LogP contribution in [0.1, 0.15) is 29.2 Å². The molecule has 1 amide bonds. The lowest BCUT2D eigenvalue weighted by Crippen LogP contribution is -2.25. The Morgan fingerprint density at radius 1 is 1.03 bits per heavy atom. The highest BCUT2D eigenvalue weighted by molar-refractivity contribution is 5.95. The molecular formula is C25H24N6O4. The van der Waals surface area contributed by atoms with Crippen LogP contribution in [0.5, 0.6) is 17.2 Å². The lowest BCUT2D eigenvalue weighted by molar-refractivity contribution is -0.116. The smallest absolute Gasteiger partial charge is 0.272 e. The molecule has 3 heterocycles. The van der Waals surface area contributed by atoms with Gasteiger partial charge in [0.15, 0.2) is 11.5 Å². The molecule has 35 heavy (non-hydrogen) atoms. The number of methoxy groups -OCH3 is 3. The van der Waals surface area contributed by atoms with Crippen molar-refractivity contribution in [2.24, 2.45) is 0 Å². The van der Waals surface area contributed by atoms with Gasteiger partial charge < -0.3 is 19.5 Å². The number of hydrogen-bond donors (Lipinski definition) is 1. The Labute approximate surface area is 201 Å². The summed E-state index contributed by atoms with van der Waals surface area (Å²) in [5.74, 6) is 2.27. The van der Waals surface area contributed by atoms with Crippen LogP contribution in [0.25, 0.3) is 17.2 Å². The van der Waals surface area contributed by atoms with E-state index in [2.05, 4.69) is 25.6 Å². The highest BCUT2D eigenvalue weighted by atomic mass is 16.5. The van der Waals surface area contributed by atoms with E-state index >= 15 is 0 Å². The summed E-state index contributed by atoms with van der Waals surface area (Å²) < 4.78 is 17.9. The molecule has 1 atom stereocenters. The van der Waals surface area contributed by atoms with E-state index < -0.39 is 0 Å². The third-order valence-electron chi connectivity index (χ3n) is 6.03. The quantitative estimate of drug-likeness (QED) is 0.453. The summed E-state index contributed by atoms with van der Waals surface area (Å²) in [7, 11) is 4.79. The Morgan fingerprint density at radius 2 is 1.83 bits per heavy atom. The van der Waals surface area contributed by atoms with E-state index in [4.69, 9.17) is 14.2 Å². The monoisotopic (exact) mass is 472 g/mol. The first kappa shape index (κ1) is 22.3. The minimum atomic E-state index is -0.282. The number of carbonyl (C=O) groups is 1. The third-order valence-corrected chi connectivity index (χ3v) is 6.03. The summed E-state index contributed by atoms with van der Waals surface area (Å²) >= 11 is 0. The van der Waals surface area contributed by atoms with Gasteiger partial charge in [0.05, 0.1) is 38.9 Å². The molecule has 2 aromatic carbocycles. The van der Waals surface area contributed by atoms with Crippen molar-refractivity contribution in [3.8, 4) is 34.5 Å². The molecule has 5 rings (SSSR count). The van der Waals surface area contributed by atoms with Crippen LogP contribution in [0.15, 0.2) is 48.7 Å². The number of anilines is 1. The van der Waals surface area contributed by atoms with E-state index in [9.17, 15) is 4.79 Å². The van der Waals surface area contributed by atoms with E-state index in [1.54, 1.807) is 27.5 Å². The zero-order valence-corrected chi connectivity index (χ0v) is 19.8. The number of ether oxygens (including phenoxy) is 3. The van der Waals surface area contributed by atoms with Crippen molar-refractivity contribution < 1.29 is 19.0 Å². The van der Waals surface area contributed by atoms with Crippen LogP contribution < -0.4 is 19.5 Å². The zero-order valence-electron chi connectivity index (χ0n) is 19.8. The molecule has 1 N–H and O–H groups in total. The molecule has 0 saturated heterocycles. The summed E-state index contributed by atoms with van der Waals surface area (Å²) in [6.07, 6.45) is 1.82. The van der Waals surface area contributed by atoms with Crippen molar-refractivity contribution in [1.82, 2.24) is 25.0 Å². The molecule has 0 bridgehead atoms. The zero-order chi connectivity index (χ0) is 24.5. The third kappa shape index (κ3) is 3.92. The van der Waals surface area contributed by atoms with Gasteiger partial charge in [0.1, 0.15) is 11.6 Å². The molecule has 0 spiro atoms. The topological polar surface area (TPSA) is 113 Å². The van der Waals surface area contributed by atoms with E-state index in [1.165, 1.54) is 4.68 Å². The van der Waals surface area contributed by atoms with Gasteiger partial charge in [-0.2, -0.15) is 14.9 Å². The van der Waals surface area contributed by atoms with Gasteiger partial charge in [-0.15, -0.1) is 5.10 Å². The first-order valence-corrected chi connectivity index (χ1v) is 11.0. The number of amides is 1. The van der Waals surface area contributed by atoms with Gasteiger partial charge in [-0.05, 0) is 37.3 Å². The number of carbonyl (C=O) groups excluding carboxylic acids is 1. The van der Waals surface area contributed by atoms with E-state index in [0.717, 1.165) is 28.1 Å². The maximum atomic E-state index is 12.8. The maximum Gasteiger partial charge on any atom is 0.272 e. The standard InChI is InChI=1S/C25H24N6O4/c1-14-22-18(17-6-5-7-20(34-3)23(17)35-4)12-21(32)28-24(22)31(30-14)25-27-19(13-26-29-25)15-8-10-16(33-2)11-9-15/h5-11,13,18H,12H2,1-4H3,(H,28,32)/t18-/m0/s1.